The van der Waals surface area contributed by atoms with E-state index in [9.17, 15) is 0 Å². The molecule has 4 nitrogen and oxygen atoms in total. The Morgan fingerprint density at radius 3 is 2.65 bits per heavy atom. The van der Waals surface area contributed by atoms with Crippen molar-refractivity contribution in [1.29, 1.82) is 5.26 Å². The molecule has 7 heteroatoms. The number of nitriles is 1. The predicted octanol–water partition coefficient (Wildman–Crippen LogP) is 5.67. The number of aromatic nitrogens is 2. The molecule has 0 aliphatic rings. The Balaban J connectivity index is 1.91. The molecule has 1 aromatic heterocycles. The van der Waals surface area contributed by atoms with E-state index in [2.05, 4.69) is 27.0 Å². The van der Waals surface area contributed by atoms with Gasteiger partial charge in [-0.3, -0.25) is 0 Å². The molecule has 0 N–H and O–H groups in total. The maximum absolute atomic E-state index is 9.13. The molecular formula is C19H14BrCl2N3O. The third-order valence-electron chi connectivity index (χ3n) is 3.94. The van der Waals surface area contributed by atoms with Crippen molar-refractivity contribution in [1.82, 2.24) is 9.55 Å². The molecule has 0 aliphatic carbocycles. The number of halogens is 3. The van der Waals surface area contributed by atoms with E-state index in [-0.39, 0.29) is 6.10 Å². The Hall–Kier alpha value is -1.84. The smallest absolute Gasteiger partial charge is 0.125 e. The van der Waals surface area contributed by atoms with Crippen LogP contribution in [-0.4, -0.2) is 9.55 Å². The number of hydrogen-bond acceptors (Lipinski definition) is 3. The number of hydrogen-bond donors (Lipinski definition) is 0. The molecule has 132 valence electrons. The highest BCUT2D eigenvalue weighted by Gasteiger charge is 2.19. The minimum Gasteiger partial charge on any atom is -0.363 e. The molecule has 0 amide bonds. The Kier molecular flexibility index (Phi) is 6.00. The van der Waals surface area contributed by atoms with Gasteiger partial charge in [0, 0.05) is 11.5 Å². The molecule has 26 heavy (non-hydrogen) atoms. The van der Waals surface area contributed by atoms with Crippen LogP contribution in [0.4, 0.5) is 0 Å². The van der Waals surface area contributed by atoms with Crippen molar-refractivity contribution in [2.75, 3.05) is 0 Å². The lowest BCUT2D eigenvalue weighted by Gasteiger charge is -2.20. The maximum atomic E-state index is 9.13. The zero-order valence-electron chi connectivity index (χ0n) is 13.8. The fraction of sp³-hybridized carbons (Fsp3) is 0.158. The summed E-state index contributed by atoms with van der Waals surface area (Å²) in [6, 6.07) is 13.1. The van der Waals surface area contributed by atoms with Gasteiger partial charge >= 0.3 is 0 Å². The Morgan fingerprint density at radius 2 is 2.04 bits per heavy atom. The highest BCUT2D eigenvalue weighted by atomic mass is 79.9. The van der Waals surface area contributed by atoms with Crippen molar-refractivity contribution in [2.24, 2.45) is 7.05 Å². The first-order chi connectivity index (χ1) is 12.5. The second-order valence-electron chi connectivity index (χ2n) is 5.72. The monoisotopic (exact) mass is 449 g/mol. The minimum atomic E-state index is -0.346. The van der Waals surface area contributed by atoms with Crippen LogP contribution in [0.5, 0.6) is 0 Å². The van der Waals surface area contributed by atoms with Crippen molar-refractivity contribution < 1.29 is 4.74 Å². The molecule has 0 bridgehead atoms. The van der Waals surface area contributed by atoms with Gasteiger partial charge in [0.05, 0.1) is 40.4 Å². The number of imidazole rings is 1. The topological polar surface area (TPSA) is 50.8 Å². The van der Waals surface area contributed by atoms with Crippen molar-refractivity contribution in [3.05, 3.63) is 85.8 Å². The molecule has 0 aliphatic heterocycles. The fourth-order valence-electron chi connectivity index (χ4n) is 2.57. The lowest BCUT2D eigenvalue weighted by molar-refractivity contribution is 0.0621. The molecule has 0 radical (unpaired) electrons. The normalized spacial score (nSPS) is 12.0. The largest absolute Gasteiger partial charge is 0.363 e. The minimum absolute atomic E-state index is 0.346. The van der Waals surface area contributed by atoms with Gasteiger partial charge in [-0.2, -0.15) is 5.26 Å². The maximum Gasteiger partial charge on any atom is 0.125 e. The molecule has 0 saturated carbocycles. The molecule has 3 rings (SSSR count). The Bertz CT molecular complexity index is 981. The van der Waals surface area contributed by atoms with E-state index in [0.29, 0.717) is 22.2 Å². The highest BCUT2D eigenvalue weighted by molar-refractivity contribution is 9.10. The van der Waals surface area contributed by atoms with Crippen LogP contribution < -0.4 is 0 Å². The lowest BCUT2D eigenvalue weighted by Crippen LogP contribution is -2.10. The van der Waals surface area contributed by atoms with Crippen molar-refractivity contribution in [3.63, 3.8) is 0 Å². The van der Waals surface area contributed by atoms with E-state index in [1.54, 1.807) is 30.7 Å². The molecule has 3 aromatic rings. The van der Waals surface area contributed by atoms with Gasteiger partial charge in [0.1, 0.15) is 12.2 Å². The Morgan fingerprint density at radius 1 is 1.23 bits per heavy atom. The van der Waals surface area contributed by atoms with Gasteiger partial charge in [0.2, 0.25) is 0 Å². The van der Waals surface area contributed by atoms with Gasteiger partial charge < -0.3 is 9.30 Å². The molecular weight excluding hydrogens is 437 g/mol. The summed E-state index contributed by atoms with van der Waals surface area (Å²) in [7, 11) is 1.91. The molecule has 0 fully saturated rings. The van der Waals surface area contributed by atoms with Gasteiger partial charge in [-0.25, -0.2) is 4.98 Å². The van der Waals surface area contributed by atoms with Crippen molar-refractivity contribution in [3.8, 4) is 6.07 Å². The summed E-state index contributed by atoms with van der Waals surface area (Å²) in [5.74, 6) is 0. The molecule has 1 atom stereocenters. The molecule has 1 heterocycles. The zero-order chi connectivity index (χ0) is 18.7. The number of rotatable bonds is 5. The van der Waals surface area contributed by atoms with Gasteiger partial charge in [-0.1, -0.05) is 35.3 Å². The van der Waals surface area contributed by atoms with Crippen LogP contribution in [0.3, 0.4) is 0 Å². The second kappa shape index (κ2) is 8.24. The second-order valence-corrected chi connectivity index (χ2v) is 7.39. The van der Waals surface area contributed by atoms with Gasteiger partial charge in [-0.05, 0) is 51.3 Å². The van der Waals surface area contributed by atoms with Crippen LogP contribution in [0.1, 0.15) is 28.5 Å². The average molecular weight is 451 g/mol. The van der Waals surface area contributed by atoms with Crippen LogP contribution in [0.2, 0.25) is 10.0 Å². The third kappa shape index (κ3) is 4.11. The Labute approximate surface area is 170 Å². The number of benzene rings is 2. The molecule has 0 saturated heterocycles. The van der Waals surface area contributed by atoms with Crippen LogP contribution >= 0.6 is 39.1 Å². The van der Waals surface area contributed by atoms with E-state index >= 15 is 0 Å². The molecule has 1 unspecified atom stereocenters. The molecule has 2 aromatic carbocycles. The third-order valence-corrected chi connectivity index (χ3v) is 5.33. The lowest BCUT2D eigenvalue weighted by atomic mass is 10.0. The summed E-state index contributed by atoms with van der Waals surface area (Å²) in [5.41, 5.74) is 3.31. The van der Waals surface area contributed by atoms with E-state index in [1.807, 2.05) is 29.8 Å². The zero-order valence-corrected chi connectivity index (χ0v) is 16.9. The van der Waals surface area contributed by atoms with Crippen LogP contribution in [-0.2, 0) is 18.4 Å². The van der Waals surface area contributed by atoms with E-state index in [1.165, 1.54) is 0 Å². The summed E-state index contributed by atoms with van der Waals surface area (Å²) in [4.78, 5) is 4.19. The van der Waals surface area contributed by atoms with Crippen molar-refractivity contribution >= 4 is 39.1 Å². The van der Waals surface area contributed by atoms with Crippen LogP contribution in [0.25, 0.3) is 0 Å². The van der Waals surface area contributed by atoms with E-state index in [0.717, 1.165) is 21.3 Å². The number of aryl methyl sites for hydroxylation is 1. The van der Waals surface area contributed by atoms with E-state index < -0.39 is 0 Å². The quantitative estimate of drug-likeness (QED) is 0.503. The average Bonchev–Trinajstić information content (AvgIpc) is 3.04. The fourth-order valence-corrected chi connectivity index (χ4v) is 3.37. The first-order valence-corrected chi connectivity index (χ1v) is 9.25. The summed E-state index contributed by atoms with van der Waals surface area (Å²) >= 11 is 15.5. The number of nitrogens with zero attached hydrogens (tertiary/aromatic N) is 3. The SMILES string of the molecule is Cn1cncc1C(OCc1ccc(Cl)c(Cl)c1)c1ccc(C#N)c(Br)c1. The van der Waals surface area contributed by atoms with Crippen molar-refractivity contribution in [2.45, 2.75) is 12.7 Å². The van der Waals surface area contributed by atoms with Gasteiger partial charge in [0.25, 0.3) is 0 Å². The number of ether oxygens (including phenoxy) is 1. The van der Waals surface area contributed by atoms with E-state index in [4.69, 9.17) is 33.2 Å². The summed E-state index contributed by atoms with van der Waals surface area (Å²) in [6.07, 6.45) is 3.15. The molecule has 0 spiro atoms. The van der Waals surface area contributed by atoms with Crippen LogP contribution in [0, 0.1) is 11.3 Å². The first kappa shape index (κ1) is 18.9. The summed E-state index contributed by atoms with van der Waals surface area (Å²) in [5, 5.41) is 10.1. The van der Waals surface area contributed by atoms with Crippen LogP contribution in [0.15, 0.2) is 53.4 Å². The standard InChI is InChI=1S/C19H14BrCl2N3O/c1-25-11-24-9-18(25)19(13-3-4-14(8-23)15(20)7-13)26-10-12-2-5-16(21)17(22)6-12/h2-7,9,11,19H,10H2,1H3. The van der Waals surface area contributed by atoms with Gasteiger partial charge in [0.15, 0.2) is 0 Å². The van der Waals surface area contributed by atoms with Gasteiger partial charge in [-0.15, -0.1) is 0 Å². The predicted molar refractivity (Wildman–Crippen MR) is 105 cm³/mol. The summed E-state index contributed by atoms with van der Waals surface area (Å²) < 4.78 is 8.83. The highest BCUT2D eigenvalue weighted by Crippen LogP contribution is 2.31. The first-order valence-electron chi connectivity index (χ1n) is 7.71. The summed E-state index contributed by atoms with van der Waals surface area (Å²) in [6.45, 7) is 0.352.